The van der Waals surface area contributed by atoms with Crippen LogP contribution >= 0.6 is 0 Å². The van der Waals surface area contributed by atoms with E-state index in [2.05, 4.69) is 22.1 Å². The van der Waals surface area contributed by atoms with E-state index in [1.807, 2.05) is 6.07 Å². The van der Waals surface area contributed by atoms with Gasteiger partial charge in [0.05, 0.1) is 6.54 Å². The van der Waals surface area contributed by atoms with E-state index in [-0.39, 0.29) is 12.5 Å². The third-order valence-corrected chi connectivity index (χ3v) is 3.57. The van der Waals surface area contributed by atoms with E-state index >= 15 is 0 Å². The summed E-state index contributed by atoms with van der Waals surface area (Å²) >= 11 is 0. The topological polar surface area (TPSA) is 72.1 Å². The number of benzene rings is 1. The third kappa shape index (κ3) is 2.40. The first-order valence-electron chi connectivity index (χ1n) is 6.65. The highest BCUT2D eigenvalue weighted by Gasteiger charge is 2.20. The number of rotatable bonds is 2. The van der Waals surface area contributed by atoms with Gasteiger partial charge in [-0.05, 0) is 29.7 Å². The second kappa shape index (κ2) is 5.38. The molecule has 5 heteroatoms. The molecule has 0 unspecified atom stereocenters. The molecule has 0 bridgehead atoms. The van der Waals surface area contributed by atoms with E-state index in [1.54, 1.807) is 23.4 Å². The van der Waals surface area contributed by atoms with Gasteiger partial charge in [-0.1, -0.05) is 12.1 Å². The van der Waals surface area contributed by atoms with Crippen LogP contribution in [0.2, 0.25) is 0 Å². The molecular formula is C15H16N4O. The molecule has 0 fully saturated rings. The van der Waals surface area contributed by atoms with Crippen LogP contribution in [0.1, 0.15) is 11.1 Å². The van der Waals surface area contributed by atoms with Crippen molar-refractivity contribution in [3.05, 3.63) is 47.8 Å². The molecule has 0 atom stereocenters. The van der Waals surface area contributed by atoms with Crippen molar-refractivity contribution in [2.75, 3.05) is 13.1 Å². The summed E-state index contributed by atoms with van der Waals surface area (Å²) in [4.78, 5) is 22.0. The van der Waals surface area contributed by atoms with Gasteiger partial charge in [-0.25, -0.2) is 9.97 Å². The van der Waals surface area contributed by atoms with Crippen LogP contribution in [0, 0.1) is 0 Å². The van der Waals surface area contributed by atoms with Gasteiger partial charge in [-0.15, -0.1) is 0 Å². The summed E-state index contributed by atoms with van der Waals surface area (Å²) in [6.07, 6.45) is 4.33. The van der Waals surface area contributed by atoms with Crippen LogP contribution in [-0.4, -0.2) is 33.9 Å². The van der Waals surface area contributed by atoms with Crippen LogP contribution in [0.15, 0.2) is 36.7 Å². The first-order chi connectivity index (χ1) is 9.78. The molecule has 20 heavy (non-hydrogen) atoms. The smallest absolute Gasteiger partial charge is 0.236 e. The molecule has 0 aliphatic carbocycles. The predicted octanol–water partition coefficient (Wildman–Crippen LogP) is 0.987. The number of fused-ring (bicyclic) bond motifs is 1. The molecule has 1 aliphatic heterocycles. The Morgan fingerprint density at radius 1 is 1.25 bits per heavy atom. The maximum atomic E-state index is 11.6. The van der Waals surface area contributed by atoms with Crippen molar-refractivity contribution in [1.29, 1.82) is 0 Å². The summed E-state index contributed by atoms with van der Waals surface area (Å²) in [5.74, 6) is 0.738. The van der Waals surface area contributed by atoms with E-state index in [0.29, 0.717) is 6.54 Å². The van der Waals surface area contributed by atoms with Crippen molar-refractivity contribution in [3.63, 3.8) is 0 Å². The van der Waals surface area contributed by atoms with Gasteiger partial charge >= 0.3 is 0 Å². The Hall–Kier alpha value is -2.27. The van der Waals surface area contributed by atoms with E-state index in [1.165, 1.54) is 11.1 Å². The SMILES string of the molecule is NCC(=O)N1CCc2cc(-c3ncccn3)ccc2C1. The summed E-state index contributed by atoms with van der Waals surface area (Å²) in [6, 6.07) is 7.98. The Kier molecular flexibility index (Phi) is 3.43. The Balaban J connectivity index is 1.87. The number of amides is 1. The minimum absolute atomic E-state index is 0.00567. The van der Waals surface area contributed by atoms with Crippen LogP contribution in [0.25, 0.3) is 11.4 Å². The first-order valence-corrected chi connectivity index (χ1v) is 6.65. The van der Waals surface area contributed by atoms with Crippen molar-refractivity contribution in [2.45, 2.75) is 13.0 Å². The lowest BCUT2D eigenvalue weighted by Gasteiger charge is -2.28. The zero-order valence-corrected chi connectivity index (χ0v) is 11.1. The highest BCUT2D eigenvalue weighted by molar-refractivity contribution is 5.78. The molecule has 1 amide bonds. The summed E-state index contributed by atoms with van der Waals surface area (Å²) in [5.41, 5.74) is 8.87. The number of carbonyl (C=O) groups excluding carboxylic acids is 1. The van der Waals surface area contributed by atoms with Gasteiger partial charge < -0.3 is 10.6 Å². The van der Waals surface area contributed by atoms with Crippen molar-refractivity contribution >= 4 is 5.91 Å². The molecule has 0 radical (unpaired) electrons. The molecule has 3 rings (SSSR count). The molecule has 1 aliphatic rings. The van der Waals surface area contributed by atoms with Gasteiger partial charge in [-0.2, -0.15) is 0 Å². The molecule has 2 N–H and O–H groups in total. The zero-order chi connectivity index (χ0) is 13.9. The number of carbonyl (C=O) groups is 1. The lowest BCUT2D eigenvalue weighted by Crippen LogP contribution is -2.39. The van der Waals surface area contributed by atoms with Crippen molar-refractivity contribution in [2.24, 2.45) is 5.73 Å². The average molecular weight is 268 g/mol. The fourth-order valence-corrected chi connectivity index (χ4v) is 2.48. The average Bonchev–Trinajstić information content (AvgIpc) is 2.54. The zero-order valence-electron chi connectivity index (χ0n) is 11.1. The highest BCUT2D eigenvalue weighted by Crippen LogP contribution is 2.24. The monoisotopic (exact) mass is 268 g/mol. The van der Waals surface area contributed by atoms with Gasteiger partial charge in [-0.3, -0.25) is 4.79 Å². The Bertz CT molecular complexity index is 627. The van der Waals surface area contributed by atoms with Crippen LogP contribution in [0.5, 0.6) is 0 Å². The Labute approximate surface area is 117 Å². The van der Waals surface area contributed by atoms with E-state index in [0.717, 1.165) is 24.4 Å². The fourth-order valence-electron chi connectivity index (χ4n) is 2.48. The summed E-state index contributed by atoms with van der Waals surface area (Å²) in [5, 5.41) is 0. The maximum absolute atomic E-state index is 11.6. The minimum atomic E-state index is 0.00567. The lowest BCUT2D eigenvalue weighted by atomic mass is 9.97. The second-order valence-electron chi connectivity index (χ2n) is 4.83. The molecule has 2 heterocycles. The molecule has 0 saturated heterocycles. The molecule has 5 nitrogen and oxygen atoms in total. The standard InChI is InChI=1S/C15H16N4O/c16-9-14(20)19-7-4-11-8-12(2-3-13(11)10-19)15-17-5-1-6-18-15/h1-3,5-6,8H,4,7,9-10,16H2. The van der Waals surface area contributed by atoms with Gasteiger partial charge in [0.1, 0.15) is 0 Å². The first kappa shape index (κ1) is 12.7. The van der Waals surface area contributed by atoms with Crippen LogP contribution in [-0.2, 0) is 17.8 Å². The van der Waals surface area contributed by atoms with E-state index in [9.17, 15) is 4.79 Å². The summed E-state index contributed by atoms with van der Waals surface area (Å²) in [6.45, 7) is 1.44. The maximum Gasteiger partial charge on any atom is 0.236 e. The molecule has 1 aromatic carbocycles. The Morgan fingerprint density at radius 3 is 2.80 bits per heavy atom. The molecular weight excluding hydrogens is 252 g/mol. The fraction of sp³-hybridized carbons (Fsp3) is 0.267. The van der Waals surface area contributed by atoms with E-state index in [4.69, 9.17) is 5.73 Å². The normalized spacial score (nSPS) is 13.9. The largest absolute Gasteiger partial charge is 0.337 e. The number of aromatic nitrogens is 2. The number of nitrogens with zero attached hydrogens (tertiary/aromatic N) is 3. The quantitative estimate of drug-likeness (QED) is 0.881. The van der Waals surface area contributed by atoms with E-state index < -0.39 is 0 Å². The van der Waals surface area contributed by atoms with Crippen LogP contribution in [0.3, 0.4) is 0 Å². The minimum Gasteiger partial charge on any atom is -0.337 e. The molecule has 102 valence electrons. The number of hydrogen-bond acceptors (Lipinski definition) is 4. The third-order valence-electron chi connectivity index (χ3n) is 3.57. The van der Waals surface area contributed by atoms with Gasteiger partial charge in [0.15, 0.2) is 5.82 Å². The molecule has 0 saturated carbocycles. The Morgan fingerprint density at radius 2 is 2.05 bits per heavy atom. The van der Waals surface area contributed by atoms with Crippen molar-refractivity contribution < 1.29 is 4.79 Å². The second-order valence-corrected chi connectivity index (χ2v) is 4.83. The van der Waals surface area contributed by atoms with Crippen LogP contribution in [0.4, 0.5) is 0 Å². The summed E-state index contributed by atoms with van der Waals surface area (Å²) in [7, 11) is 0. The number of nitrogens with two attached hydrogens (primary N) is 1. The molecule has 0 spiro atoms. The van der Waals surface area contributed by atoms with Gasteiger partial charge in [0.25, 0.3) is 0 Å². The highest BCUT2D eigenvalue weighted by atomic mass is 16.2. The number of hydrogen-bond donors (Lipinski definition) is 1. The van der Waals surface area contributed by atoms with Crippen molar-refractivity contribution in [3.8, 4) is 11.4 Å². The molecule has 2 aromatic rings. The summed E-state index contributed by atoms with van der Waals surface area (Å²) < 4.78 is 0. The predicted molar refractivity (Wildman–Crippen MR) is 75.6 cm³/mol. The van der Waals surface area contributed by atoms with Crippen LogP contribution < -0.4 is 5.73 Å². The van der Waals surface area contributed by atoms with Crippen molar-refractivity contribution in [1.82, 2.24) is 14.9 Å². The lowest BCUT2D eigenvalue weighted by molar-refractivity contribution is -0.130. The van der Waals surface area contributed by atoms with Gasteiger partial charge in [0, 0.05) is 31.0 Å². The van der Waals surface area contributed by atoms with Gasteiger partial charge in [0.2, 0.25) is 5.91 Å². The molecule has 1 aromatic heterocycles.